The molecule has 2 aliphatic rings. The molecule has 0 N–H and O–H groups in total. The van der Waals surface area contributed by atoms with Crippen molar-refractivity contribution < 1.29 is 19.1 Å². The van der Waals surface area contributed by atoms with Gasteiger partial charge in [-0.2, -0.15) is 0 Å². The second-order valence-electron chi connectivity index (χ2n) is 6.62. The van der Waals surface area contributed by atoms with E-state index >= 15 is 0 Å². The molecule has 1 aromatic rings. The van der Waals surface area contributed by atoms with Gasteiger partial charge >= 0.3 is 0 Å². The van der Waals surface area contributed by atoms with Crippen LogP contribution in [0, 0.1) is 0 Å². The Morgan fingerprint density at radius 1 is 1.25 bits per heavy atom. The highest BCUT2D eigenvalue weighted by Gasteiger charge is 2.52. The first-order valence-electron chi connectivity index (χ1n) is 8.41. The molecule has 0 radical (unpaired) electrons. The van der Waals surface area contributed by atoms with E-state index in [1.807, 2.05) is 39.0 Å². The van der Waals surface area contributed by atoms with Crippen molar-refractivity contribution in [3.63, 3.8) is 0 Å². The molecule has 0 saturated carbocycles. The topological polar surface area (TPSA) is 59.1 Å². The fourth-order valence-electron chi connectivity index (χ4n) is 3.49. The molecule has 2 aliphatic heterocycles. The molecule has 2 heterocycles. The predicted molar refractivity (Wildman–Crippen MR) is 90.1 cm³/mol. The van der Waals surface area contributed by atoms with E-state index in [0.29, 0.717) is 31.1 Å². The zero-order chi connectivity index (χ0) is 17.5. The van der Waals surface area contributed by atoms with E-state index in [1.165, 1.54) is 0 Å². The molecule has 24 heavy (non-hydrogen) atoms. The van der Waals surface area contributed by atoms with Gasteiger partial charge in [-0.15, -0.1) is 0 Å². The summed E-state index contributed by atoms with van der Waals surface area (Å²) in [6.45, 7) is 8.72. The number of morpholine rings is 1. The lowest BCUT2D eigenvalue weighted by Gasteiger charge is -2.43. The second kappa shape index (κ2) is 6.09. The van der Waals surface area contributed by atoms with Crippen molar-refractivity contribution in [2.45, 2.75) is 45.5 Å². The third-order valence-corrected chi connectivity index (χ3v) is 4.55. The molecular formula is C18H24N2O4. The first-order chi connectivity index (χ1) is 11.4. The van der Waals surface area contributed by atoms with Crippen molar-refractivity contribution >= 4 is 17.5 Å². The number of hydrogen-bond donors (Lipinski definition) is 0. The SMILES string of the molecule is CCN1C(=O)C(C)(C(=O)N2CC(C)OC(C)C2)Oc2ccccc21. The number of amides is 2. The van der Waals surface area contributed by atoms with Crippen LogP contribution >= 0.6 is 0 Å². The number of anilines is 1. The Balaban J connectivity index is 1.94. The molecule has 6 nitrogen and oxygen atoms in total. The van der Waals surface area contributed by atoms with Gasteiger partial charge in [0.05, 0.1) is 17.9 Å². The van der Waals surface area contributed by atoms with E-state index < -0.39 is 5.60 Å². The van der Waals surface area contributed by atoms with Gasteiger partial charge in [-0.25, -0.2) is 0 Å². The Kier molecular flexibility index (Phi) is 4.25. The third-order valence-electron chi connectivity index (χ3n) is 4.55. The fraction of sp³-hybridized carbons (Fsp3) is 0.556. The van der Waals surface area contributed by atoms with Gasteiger partial charge in [-0.05, 0) is 39.8 Å². The summed E-state index contributed by atoms with van der Waals surface area (Å²) >= 11 is 0. The quantitative estimate of drug-likeness (QED) is 0.775. The number of rotatable bonds is 2. The van der Waals surface area contributed by atoms with Crippen LogP contribution in [-0.4, -0.2) is 54.2 Å². The monoisotopic (exact) mass is 332 g/mol. The molecule has 6 heteroatoms. The lowest BCUT2D eigenvalue weighted by Crippen LogP contribution is -2.65. The minimum atomic E-state index is -1.54. The standard InChI is InChI=1S/C18H24N2O4/c1-5-20-14-8-6-7-9-15(14)24-18(4,17(20)22)16(21)19-10-12(2)23-13(3)11-19/h6-9,12-13H,5,10-11H2,1-4H3. The lowest BCUT2D eigenvalue weighted by molar-refractivity contribution is -0.164. The summed E-state index contributed by atoms with van der Waals surface area (Å²) in [5.41, 5.74) is -0.833. The van der Waals surface area contributed by atoms with Crippen LogP contribution in [0.15, 0.2) is 24.3 Å². The van der Waals surface area contributed by atoms with Crippen LogP contribution in [0.5, 0.6) is 5.75 Å². The number of para-hydroxylation sites is 2. The summed E-state index contributed by atoms with van der Waals surface area (Å²) < 4.78 is 11.6. The van der Waals surface area contributed by atoms with Crippen molar-refractivity contribution in [3.05, 3.63) is 24.3 Å². The van der Waals surface area contributed by atoms with Crippen LogP contribution in [-0.2, 0) is 14.3 Å². The molecule has 3 rings (SSSR count). The van der Waals surface area contributed by atoms with Crippen molar-refractivity contribution in [1.82, 2.24) is 4.90 Å². The number of likely N-dealkylation sites (N-methyl/N-ethyl adjacent to an activating group) is 1. The van der Waals surface area contributed by atoms with Gasteiger partial charge in [0.2, 0.25) is 0 Å². The predicted octanol–water partition coefficient (Wildman–Crippen LogP) is 1.83. The summed E-state index contributed by atoms with van der Waals surface area (Å²) in [5.74, 6) is -0.0629. The number of carbonyl (C=O) groups excluding carboxylic acids is 2. The minimum Gasteiger partial charge on any atom is -0.465 e. The molecule has 1 saturated heterocycles. The number of benzene rings is 1. The van der Waals surface area contributed by atoms with Crippen LogP contribution in [0.2, 0.25) is 0 Å². The highest BCUT2D eigenvalue weighted by atomic mass is 16.5. The highest BCUT2D eigenvalue weighted by molar-refractivity contribution is 6.16. The average molecular weight is 332 g/mol. The van der Waals surface area contributed by atoms with Crippen molar-refractivity contribution in [3.8, 4) is 5.75 Å². The first-order valence-corrected chi connectivity index (χ1v) is 8.41. The lowest BCUT2D eigenvalue weighted by atomic mass is 9.98. The Morgan fingerprint density at radius 2 is 1.88 bits per heavy atom. The van der Waals surface area contributed by atoms with Gasteiger partial charge in [-0.1, -0.05) is 12.1 Å². The Bertz CT molecular complexity index is 652. The molecule has 3 atom stereocenters. The van der Waals surface area contributed by atoms with Crippen LogP contribution in [0.4, 0.5) is 5.69 Å². The van der Waals surface area contributed by atoms with E-state index in [0.717, 1.165) is 0 Å². The molecule has 0 bridgehead atoms. The Labute approximate surface area is 142 Å². The van der Waals surface area contributed by atoms with Crippen LogP contribution in [0.3, 0.4) is 0 Å². The van der Waals surface area contributed by atoms with Gasteiger partial charge in [0.25, 0.3) is 17.4 Å². The summed E-state index contributed by atoms with van der Waals surface area (Å²) in [4.78, 5) is 29.5. The van der Waals surface area contributed by atoms with Crippen LogP contribution < -0.4 is 9.64 Å². The van der Waals surface area contributed by atoms with E-state index in [2.05, 4.69) is 0 Å². The molecule has 130 valence electrons. The Morgan fingerprint density at radius 3 is 2.50 bits per heavy atom. The molecule has 1 fully saturated rings. The Hall–Kier alpha value is -2.08. The van der Waals surface area contributed by atoms with Gasteiger partial charge in [0.15, 0.2) is 0 Å². The number of fused-ring (bicyclic) bond motifs is 1. The number of carbonyl (C=O) groups is 2. The molecule has 3 unspecified atom stereocenters. The fourth-order valence-corrected chi connectivity index (χ4v) is 3.49. The molecule has 0 aliphatic carbocycles. The normalized spacial score (nSPS) is 29.9. The van der Waals surface area contributed by atoms with Crippen LogP contribution in [0.25, 0.3) is 0 Å². The maximum Gasteiger partial charge on any atom is 0.280 e. The van der Waals surface area contributed by atoms with Crippen LogP contribution in [0.1, 0.15) is 27.7 Å². The molecular weight excluding hydrogens is 308 g/mol. The van der Waals surface area contributed by atoms with Gasteiger partial charge in [0, 0.05) is 19.6 Å². The maximum atomic E-state index is 13.1. The van der Waals surface area contributed by atoms with Crippen molar-refractivity contribution in [1.29, 1.82) is 0 Å². The van der Waals surface area contributed by atoms with E-state index in [4.69, 9.17) is 9.47 Å². The van der Waals surface area contributed by atoms with E-state index in [1.54, 1.807) is 22.8 Å². The first kappa shape index (κ1) is 16.8. The molecule has 0 spiro atoms. The van der Waals surface area contributed by atoms with Gasteiger partial charge in [-0.3, -0.25) is 9.59 Å². The smallest absolute Gasteiger partial charge is 0.280 e. The summed E-state index contributed by atoms with van der Waals surface area (Å²) in [7, 11) is 0. The molecule has 1 aromatic carbocycles. The van der Waals surface area contributed by atoms with E-state index in [9.17, 15) is 9.59 Å². The van der Waals surface area contributed by atoms with Gasteiger partial charge < -0.3 is 19.3 Å². The number of nitrogens with zero attached hydrogens (tertiary/aromatic N) is 2. The summed E-state index contributed by atoms with van der Waals surface area (Å²) in [6.07, 6.45) is -0.121. The zero-order valence-corrected chi connectivity index (χ0v) is 14.6. The summed E-state index contributed by atoms with van der Waals surface area (Å²) in [6, 6.07) is 7.32. The van der Waals surface area contributed by atoms with Gasteiger partial charge in [0.1, 0.15) is 5.75 Å². The maximum absolute atomic E-state index is 13.1. The summed E-state index contributed by atoms with van der Waals surface area (Å²) in [5, 5.41) is 0. The largest absolute Gasteiger partial charge is 0.465 e. The van der Waals surface area contributed by atoms with Crippen molar-refractivity contribution in [2.24, 2.45) is 0 Å². The molecule has 2 amide bonds. The second-order valence-corrected chi connectivity index (χ2v) is 6.62. The van der Waals surface area contributed by atoms with Crippen molar-refractivity contribution in [2.75, 3.05) is 24.5 Å². The number of ether oxygens (including phenoxy) is 2. The highest BCUT2D eigenvalue weighted by Crippen LogP contribution is 2.38. The van der Waals surface area contributed by atoms with E-state index in [-0.39, 0.29) is 24.0 Å². The average Bonchev–Trinajstić information content (AvgIpc) is 2.54. The minimum absolute atomic E-state index is 0.0606. The molecule has 0 aromatic heterocycles. The number of hydrogen-bond acceptors (Lipinski definition) is 4. The third kappa shape index (κ3) is 2.65. The zero-order valence-electron chi connectivity index (χ0n) is 14.6.